The molecule has 25 heavy (non-hydrogen) atoms. The molecule has 0 aliphatic carbocycles. The first-order valence-corrected chi connectivity index (χ1v) is 8.16. The average molecular weight is 356 g/mol. The molecule has 0 spiro atoms. The molecule has 0 saturated heterocycles. The molecule has 0 unspecified atom stereocenters. The number of methoxy groups -OCH3 is 1. The lowest BCUT2D eigenvalue weighted by atomic mass is 10.1. The summed E-state index contributed by atoms with van der Waals surface area (Å²) in [6.07, 6.45) is 1.63. The highest BCUT2D eigenvalue weighted by Gasteiger charge is 2.12. The number of benzene rings is 2. The van der Waals surface area contributed by atoms with Gasteiger partial charge in [0.15, 0.2) is 0 Å². The first-order valence-electron chi connectivity index (χ1n) is 7.78. The minimum atomic E-state index is -0.183. The standard InChI is InChI=1S/C19H18ClN3O2/c1-13-18(11-21-23(13)17-5-3-4-16(20)10-17)22-19(24)15-8-6-14(7-9-15)12-25-2/h3-11H,12H2,1-2H3,(H,22,24). The van der Waals surface area contributed by atoms with Gasteiger partial charge in [-0.25, -0.2) is 4.68 Å². The van der Waals surface area contributed by atoms with Gasteiger partial charge in [0.1, 0.15) is 0 Å². The fourth-order valence-corrected chi connectivity index (χ4v) is 2.70. The Morgan fingerprint density at radius 3 is 2.68 bits per heavy atom. The molecule has 0 aliphatic heterocycles. The number of amides is 1. The average Bonchev–Trinajstić information content (AvgIpc) is 2.96. The quantitative estimate of drug-likeness (QED) is 0.745. The van der Waals surface area contributed by atoms with E-state index >= 15 is 0 Å². The lowest BCUT2D eigenvalue weighted by molar-refractivity contribution is 0.102. The van der Waals surface area contributed by atoms with Gasteiger partial charge in [-0.2, -0.15) is 5.10 Å². The number of carbonyl (C=O) groups is 1. The van der Waals surface area contributed by atoms with Crippen LogP contribution in [0.25, 0.3) is 5.69 Å². The Labute approximate surface area is 151 Å². The monoisotopic (exact) mass is 355 g/mol. The molecule has 128 valence electrons. The molecule has 1 amide bonds. The van der Waals surface area contributed by atoms with E-state index in [1.807, 2.05) is 37.3 Å². The largest absolute Gasteiger partial charge is 0.380 e. The molecular weight excluding hydrogens is 338 g/mol. The summed E-state index contributed by atoms with van der Waals surface area (Å²) in [5, 5.41) is 7.87. The van der Waals surface area contributed by atoms with Crippen LogP contribution in [-0.4, -0.2) is 22.8 Å². The molecule has 2 aromatic carbocycles. The minimum Gasteiger partial charge on any atom is -0.380 e. The van der Waals surface area contributed by atoms with Gasteiger partial charge in [-0.3, -0.25) is 4.79 Å². The molecule has 6 heteroatoms. The summed E-state index contributed by atoms with van der Waals surface area (Å²) in [6, 6.07) is 14.7. The number of anilines is 1. The Morgan fingerprint density at radius 1 is 1.24 bits per heavy atom. The van der Waals surface area contributed by atoms with Crippen molar-refractivity contribution in [1.82, 2.24) is 9.78 Å². The fraction of sp³-hybridized carbons (Fsp3) is 0.158. The Kier molecular flexibility index (Phi) is 5.16. The van der Waals surface area contributed by atoms with Crippen LogP contribution >= 0.6 is 11.6 Å². The minimum absolute atomic E-state index is 0.183. The molecule has 0 fully saturated rings. The maximum absolute atomic E-state index is 12.4. The summed E-state index contributed by atoms with van der Waals surface area (Å²) in [6.45, 7) is 2.42. The number of carbonyl (C=O) groups excluding carboxylic acids is 1. The van der Waals surface area contributed by atoms with Crippen LogP contribution in [0.3, 0.4) is 0 Å². The molecule has 3 rings (SSSR count). The van der Waals surface area contributed by atoms with E-state index in [9.17, 15) is 4.79 Å². The van der Waals surface area contributed by atoms with E-state index in [0.717, 1.165) is 16.9 Å². The number of aromatic nitrogens is 2. The van der Waals surface area contributed by atoms with E-state index in [1.54, 1.807) is 36.2 Å². The molecule has 0 atom stereocenters. The summed E-state index contributed by atoms with van der Waals surface area (Å²) >= 11 is 6.03. The van der Waals surface area contributed by atoms with Crippen molar-refractivity contribution >= 4 is 23.2 Å². The van der Waals surface area contributed by atoms with E-state index in [0.29, 0.717) is 22.9 Å². The van der Waals surface area contributed by atoms with Gasteiger partial charge >= 0.3 is 0 Å². The zero-order valence-corrected chi connectivity index (χ0v) is 14.7. The van der Waals surface area contributed by atoms with Crippen LogP contribution in [0.1, 0.15) is 21.6 Å². The molecule has 0 saturated carbocycles. The van der Waals surface area contributed by atoms with Crippen LogP contribution in [0.15, 0.2) is 54.7 Å². The second-order valence-electron chi connectivity index (χ2n) is 5.62. The van der Waals surface area contributed by atoms with E-state index in [4.69, 9.17) is 16.3 Å². The van der Waals surface area contributed by atoms with Gasteiger partial charge in [-0.05, 0) is 42.8 Å². The summed E-state index contributed by atoms with van der Waals surface area (Å²) in [7, 11) is 1.64. The molecule has 1 heterocycles. The lowest BCUT2D eigenvalue weighted by Gasteiger charge is -2.08. The maximum atomic E-state index is 12.4. The number of halogens is 1. The van der Waals surface area contributed by atoms with Gasteiger partial charge in [0.25, 0.3) is 5.91 Å². The van der Waals surface area contributed by atoms with Crippen molar-refractivity contribution in [3.05, 3.63) is 76.6 Å². The van der Waals surface area contributed by atoms with Crippen molar-refractivity contribution in [1.29, 1.82) is 0 Å². The Balaban J connectivity index is 1.78. The van der Waals surface area contributed by atoms with Crippen molar-refractivity contribution in [2.24, 2.45) is 0 Å². The van der Waals surface area contributed by atoms with Crippen LogP contribution in [0, 0.1) is 6.92 Å². The first kappa shape index (κ1) is 17.2. The second kappa shape index (κ2) is 7.51. The third kappa shape index (κ3) is 3.90. The molecule has 3 aromatic rings. The van der Waals surface area contributed by atoms with Gasteiger partial charge < -0.3 is 10.1 Å². The van der Waals surface area contributed by atoms with Crippen molar-refractivity contribution in [3.8, 4) is 5.69 Å². The second-order valence-corrected chi connectivity index (χ2v) is 6.06. The molecule has 1 aromatic heterocycles. The fourth-order valence-electron chi connectivity index (χ4n) is 2.51. The molecule has 0 radical (unpaired) electrons. The number of ether oxygens (including phenoxy) is 1. The smallest absolute Gasteiger partial charge is 0.255 e. The van der Waals surface area contributed by atoms with E-state index in [2.05, 4.69) is 10.4 Å². The van der Waals surface area contributed by atoms with Gasteiger partial charge in [-0.1, -0.05) is 29.8 Å². The van der Waals surface area contributed by atoms with E-state index in [-0.39, 0.29) is 5.91 Å². The summed E-state index contributed by atoms with van der Waals surface area (Å²) in [5.74, 6) is -0.183. The number of hydrogen-bond donors (Lipinski definition) is 1. The Bertz CT molecular complexity index is 888. The summed E-state index contributed by atoms with van der Waals surface area (Å²) in [5.41, 5.74) is 3.92. The predicted octanol–water partition coefficient (Wildman–Crippen LogP) is 4.23. The van der Waals surface area contributed by atoms with Crippen molar-refractivity contribution in [3.63, 3.8) is 0 Å². The zero-order valence-electron chi connectivity index (χ0n) is 14.0. The lowest BCUT2D eigenvalue weighted by Crippen LogP contribution is -2.12. The Hall–Kier alpha value is -2.63. The highest BCUT2D eigenvalue weighted by atomic mass is 35.5. The molecule has 0 bridgehead atoms. The van der Waals surface area contributed by atoms with E-state index in [1.165, 1.54) is 0 Å². The third-order valence-corrected chi connectivity index (χ3v) is 4.07. The molecule has 5 nitrogen and oxygen atoms in total. The third-order valence-electron chi connectivity index (χ3n) is 3.84. The predicted molar refractivity (Wildman–Crippen MR) is 98.4 cm³/mol. The van der Waals surface area contributed by atoms with Crippen molar-refractivity contribution in [2.45, 2.75) is 13.5 Å². The van der Waals surface area contributed by atoms with Gasteiger partial charge in [-0.15, -0.1) is 0 Å². The van der Waals surface area contributed by atoms with Crippen LogP contribution in [0.5, 0.6) is 0 Å². The van der Waals surface area contributed by atoms with E-state index < -0.39 is 0 Å². The van der Waals surface area contributed by atoms with Gasteiger partial charge in [0.05, 0.1) is 29.9 Å². The first-order chi connectivity index (χ1) is 12.1. The highest BCUT2D eigenvalue weighted by Crippen LogP contribution is 2.21. The van der Waals surface area contributed by atoms with Crippen LogP contribution in [0.2, 0.25) is 5.02 Å². The summed E-state index contributed by atoms with van der Waals surface area (Å²) in [4.78, 5) is 12.4. The normalized spacial score (nSPS) is 10.7. The van der Waals surface area contributed by atoms with Crippen LogP contribution in [-0.2, 0) is 11.3 Å². The number of hydrogen-bond acceptors (Lipinski definition) is 3. The SMILES string of the molecule is COCc1ccc(C(=O)Nc2cnn(-c3cccc(Cl)c3)c2C)cc1. The van der Waals surface area contributed by atoms with Crippen molar-refractivity contribution < 1.29 is 9.53 Å². The van der Waals surface area contributed by atoms with Crippen molar-refractivity contribution in [2.75, 3.05) is 12.4 Å². The number of rotatable bonds is 5. The molecular formula is C19H18ClN3O2. The Morgan fingerprint density at radius 2 is 2.00 bits per heavy atom. The maximum Gasteiger partial charge on any atom is 0.255 e. The van der Waals surface area contributed by atoms with Crippen LogP contribution < -0.4 is 5.32 Å². The topological polar surface area (TPSA) is 56.1 Å². The van der Waals surface area contributed by atoms with Gasteiger partial charge in [0.2, 0.25) is 0 Å². The summed E-state index contributed by atoms with van der Waals surface area (Å²) < 4.78 is 6.81. The zero-order chi connectivity index (χ0) is 17.8. The number of nitrogens with zero attached hydrogens (tertiary/aromatic N) is 2. The molecule has 0 aliphatic rings. The number of nitrogens with one attached hydrogen (secondary N) is 1. The van der Waals surface area contributed by atoms with Crippen LogP contribution in [0.4, 0.5) is 5.69 Å². The highest BCUT2D eigenvalue weighted by molar-refractivity contribution is 6.30. The van der Waals surface area contributed by atoms with Gasteiger partial charge in [0, 0.05) is 17.7 Å². The molecule has 1 N–H and O–H groups in total.